The highest BCUT2D eigenvalue weighted by Crippen LogP contribution is 2.34. The zero-order valence-electron chi connectivity index (χ0n) is 14.1. The fourth-order valence-corrected chi connectivity index (χ4v) is 2.75. The molecule has 0 unspecified atom stereocenters. The van der Waals surface area contributed by atoms with Crippen molar-refractivity contribution in [2.75, 3.05) is 11.9 Å². The van der Waals surface area contributed by atoms with E-state index in [1.165, 1.54) is 12.1 Å². The Kier molecular flexibility index (Phi) is 5.10. The Labute approximate surface area is 159 Å². The highest BCUT2D eigenvalue weighted by atomic mass is 35.5. The molecule has 3 N–H and O–H groups in total. The van der Waals surface area contributed by atoms with Crippen LogP contribution in [0, 0.1) is 23.2 Å². The molecule has 0 fully saturated rings. The van der Waals surface area contributed by atoms with Gasteiger partial charge in [-0.15, -0.1) is 0 Å². The number of nitrogens with two attached hydrogens (primary N) is 1. The molecule has 1 aromatic heterocycles. The second kappa shape index (κ2) is 7.48. The smallest absolute Gasteiger partial charge is 0.268 e. The molecule has 0 aliphatic heterocycles. The molecule has 6 nitrogen and oxygen atoms in total. The molecule has 135 valence electrons. The van der Waals surface area contributed by atoms with Crippen molar-refractivity contribution < 1.29 is 13.9 Å². The molecule has 27 heavy (non-hydrogen) atoms. The molecule has 1 heterocycles. The number of ether oxygens (including phenoxy) is 1. The number of nitriles is 1. The minimum atomic E-state index is -0.881. The van der Waals surface area contributed by atoms with E-state index in [4.69, 9.17) is 22.1 Å². The molecule has 0 saturated heterocycles. The van der Waals surface area contributed by atoms with Gasteiger partial charge in [-0.2, -0.15) is 5.26 Å². The van der Waals surface area contributed by atoms with Gasteiger partial charge in [0.1, 0.15) is 23.1 Å². The van der Waals surface area contributed by atoms with Gasteiger partial charge in [0.15, 0.2) is 5.82 Å². The Balaban J connectivity index is 2.29. The summed E-state index contributed by atoms with van der Waals surface area (Å²) in [4.78, 5) is 16.0. The monoisotopic (exact) mass is 383 g/mol. The van der Waals surface area contributed by atoms with Crippen molar-refractivity contribution in [3.05, 3.63) is 58.5 Å². The van der Waals surface area contributed by atoms with Gasteiger partial charge in [0.2, 0.25) is 0 Å². The number of hydrogen-bond donors (Lipinski definition) is 2. The summed E-state index contributed by atoms with van der Waals surface area (Å²) in [6, 6.07) is 12.3. The van der Waals surface area contributed by atoms with Crippen molar-refractivity contribution in [3.8, 4) is 11.8 Å². The number of carbonyl (C=O) groups excluding carboxylic acids is 1. The number of anilines is 2. The Bertz CT molecular complexity index is 1100. The van der Waals surface area contributed by atoms with Crippen LogP contribution in [-0.4, -0.2) is 17.5 Å². The third kappa shape index (κ3) is 3.48. The lowest BCUT2D eigenvalue weighted by Gasteiger charge is -2.15. The van der Waals surface area contributed by atoms with Crippen LogP contribution in [0.25, 0.3) is 10.9 Å². The van der Waals surface area contributed by atoms with Crippen molar-refractivity contribution >= 4 is 39.8 Å². The number of primary amides is 1. The van der Waals surface area contributed by atoms with E-state index in [0.717, 1.165) is 0 Å². The Hall–Kier alpha value is -3.37. The first-order valence-corrected chi connectivity index (χ1v) is 8.27. The summed E-state index contributed by atoms with van der Waals surface area (Å²) >= 11 is 5.82. The number of nitrogens with one attached hydrogen (secondary N) is 1. The van der Waals surface area contributed by atoms with Gasteiger partial charge in [0, 0.05) is 17.5 Å². The molecule has 1 amide bonds. The predicted octanol–water partition coefficient (Wildman–Crippen LogP) is 3.94. The van der Waals surface area contributed by atoms with E-state index in [9.17, 15) is 14.4 Å². The number of carbonyl (C=O) groups is 1. The quantitative estimate of drug-likeness (QED) is 0.694. The lowest BCUT2D eigenvalue weighted by molar-refractivity contribution is 0.0995. The van der Waals surface area contributed by atoms with Crippen LogP contribution >= 0.6 is 11.6 Å². The van der Waals surface area contributed by atoms with Gasteiger partial charge in [0.25, 0.3) is 5.91 Å². The number of rotatable bonds is 5. The number of pyridine rings is 1. The summed E-state index contributed by atoms with van der Waals surface area (Å²) in [6.07, 6.45) is 0. The lowest BCUT2D eigenvalue weighted by atomic mass is 10.0. The van der Waals surface area contributed by atoms with Crippen LogP contribution in [0.1, 0.15) is 23.0 Å². The van der Waals surface area contributed by atoms with Crippen LogP contribution in [0.15, 0.2) is 30.3 Å². The molecule has 2 aromatic carbocycles. The molecule has 8 heteroatoms. The first-order valence-electron chi connectivity index (χ1n) is 7.89. The number of benzene rings is 2. The van der Waals surface area contributed by atoms with Crippen molar-refractivity contribution in [2.45, 2.75) is 6.92 Å². The van der Waals surface area contributed by atoms with Crippen LogP contribution in [0.5, 0.6) is 5.75 Å². The van der Waals surface area contributed by atoms with Gasteiger partial charge in [0.05, 0.1) is 28.5 Å². The molecular formula is C19H13ClFN4O2. The van der Waals surface area contributed by atoms with E-state index < -0.39 is 11.7 Å². The summed E-state index contributed by atoms with van der Waals surface area (Å²) < 4.78 is 19.7. The molecule has 0 bridgehead atoms. The van der Waals surface area contributed by atoms with Crippen LogP contribution < -0.4 is 15.8 Å². The average molecular weight is 384 g/mol. The molecule has 0 saturated carbocycles. The maximum absolute atomic E-state index is 14.3. The van der Waals surface area contributed by atoms with Crippen molar-refractivity contribution in [1.29, 1.82) is 5.26 Å². The van der Waals surface area contributed by atoms with Crippen LogP contribution in [0.3, 0.4) is 0 Å². The standard InChI is InChI=1S/C19H13ClFN4O2/c1-2-27-10-6-7-11-15(8-10)25-18(19(23)26)12(9-22)17(11)24-14-5-3-4-13(20)16(14)21/h3-5,7-8H,2H2,1H3,(H2,23,26)(H,24,25). The predicted molar refractivity (Wildman–Crippen MR) is 99.7 cm³/mol. The highest BCUT2D eigenvalue weighted by Gasteiger charge is 2.20. The van der Waals surface area contributed by atoms with Gasteiger partial charge in [-0.05, 0) is 25.1 Å². The van der Waals surface area contributed by atoms with E-state index in [0.29, 0.717) is 23.3 Å². The Morgan fingerprint density at radius 2 is 2.30 bits per heavy atom. The van der Waals surface area contributed by atoms with Crippen LogP contribution in [0.4, 0.5) is 15.8 Å². The molecule has 0 spiro atoms. The number of aromatic nitrogens is 1. The maximum Gasteiger partial charge on any atom is 0.268 e. The van der Waals surface area contributed by atoms with Crippen LogP contribution in [-0.2, 0) is 0 Å². The molecule has 3 aromatic rings. The van der Waals surface area contributed by atoms with E-state index in [-0.39, 0.29) is 27.7 Å². The Morgan fingerprint density at radius 3 is 2.96 bits per heavy atom. The van der Waals surface area contributed by atoms with Crippen molar-refractivity contribution in [1.82, 2.24) is 4.98 Å². The molecule has 1 radical (unpaired) electrons. The fraction of sp³-hybridized carbons (Fsp3) is 0.105. The van der Waals surface area contributed by atoms with Gasteiger partial charge in [-0.3, -0.25) is 4.79 Å². The largest absolute Gasteiger partial charge is 0.493 e. The molecule has 0 aliphatic carbocycles. The third-order valence-electron chi connectivity index (χ3n) is 3.75. The van der Waals surface area contributed by atoms with Crippen molar-refractivity contribution in [2.24, 2.45) is 5.73 Å². The van der Waals surface area contributed by atoms with Crippen molar-refractivity contribution in [3.63, 3.8) is 0 Å². The van der Waals surface area contributed by atoms with Gasteiger partial charge in [-0.1, -0.05) is 17.7 Å². The van der Waals surface area contributed by atoms with Crippen LogP contribution in [0.2, 0.25) is 5.02 Å². The number of fused-ring (bicyclic) bond motifs is 1. The second-order valence-corrected chi connectivity index (χ2v) is 5.85. The molecule has 0 atom stereocenters. The summed E-state index contributed by atoms with van der Waals surface area (Å²) in [5.74, 6) is -1.16. The van der Waals surface area contributed by atoms with E-state index >= 15 is 0 Å². The van der Waals surface area contributed by atoms with Gasteiger partial charge >= 0.3 is 0 Å². The summed E-state index contributed by atoms with van der Waals surface area (Å²) in [7, 11) is 0. The number of halogens is 2. The third-order valence-corrected chi connectivity index (χ3v) is 4.04. The summed E-state index contributed by atoms with van der Waals surface area (Å²) in [6.45, 7) is 2.23. The topological polar surface area (TPSA) is 101 Å². The van der Waals surface area contributed by atoms with E-state index in [1.807, 2.05) is 13.0 Å². The highest BCUT2D eigenvalue weighted by molar-refractivity contribution is 6.31. The zero-order chi connectivity index (χ0) is 19.6. The molecule has 3 rings (SSSR count). The first kappa shape index (κ1) is 18.4. The average Bonchev–Trinajstić information content (AvgIpc) is 2.65. The first-order chi connectivity index (χ1) is 13.0. The number of amides is 1. The number of hydrogen-bond acceptors (Lipinski definition) is 5. The minimum Gasteiger partial charge on any atom is -0.493 e. The maximum atomic E-state index is 14.3. The zero-order valence-corrected chi connectivity index (χ0v) is 14.9. The summed E-state index contributed by atoms with van der Waals surface area (Å²) in [5, 5.41) is 12.7. The van der Waals surface area contributed by atoms with Gasteiger partial charge < -0.3 is 15.8 Å². The van der Waals surface area contributed by atoms with E-state index in [2.05, 4.69) is 16.4 Å². The Morgan fingerprint density at radius 1 is 1.52 bits per heavy atom. The van der Waals surface area contributed by atoms with Gasteiger partial charge in [-0.25, -0.2) is 9.37 Å². The summed E-state index contributed by atoms with van der Waals surface area (Å²) in [5.41, 5.74) is 5.60. The van der Waals surface area contributed by atoms with E-state index in [1.54, 1.807) is 18.2 Å². The molecular weight excluding hydrogens is 371 g/mol. The second-order valence-electron chi connectivity index (χ2n) is 5.44. The SMILES string of the molecule is CCOc1[c]cc2c(Nc3cccc(Cl)c3F)c(C#N)c(C(N)=O)nc2c1. The normalized spacial score (nSPS) is 10.4. The minimum absolute atomic E-state index is 0.0378. The molecule has 0 aliphatic rings. The lowest BCUT2D eigenvalue weighted by Crippen LogP contribution is -2.16. The number of nitrogens with zero attached hydrogens (tertiary/aromatic N) is 2. The fourth-order valence-electron chi connectivity index (χ4n) is 2.57.